The van der Waals surface area contributed by atoms with Crippen molar-refractivity contribution >= 4 is 34.0 Å². The molecule has 3 heterocycles. The van der Waals surface area contributed by atoms with E-state index in [9.17, 15) is 18.0 Å². The van der Waals surface area contributed by atoms with E-state index >= 15 is 0 Å². The highest BCUT2D eigenvalue weighted by molar-refractivity contribution is 6.06. The Labute approximate surface area is 246 Å². The average Bonchev–Trinajstić information content (AvgIpc) is 3.65. The third-order valence-corrected chi connectivity index (χ3v) is 7.07. The molecule has 5 rings (SSSR count). The second-order valence-corrected chi connectivity index (χ2v) is 10.2. The summed E-state index contributed by atoms with van der Waals surface area (Å²) in [6, 6.07) is 10.9. The van der Waals surface area contributed by atoms with E-state index in [0.29, 0.717) is 18.8 Å². The number of aryl methyl sites for hydroxylation is 1. The van der Waals surface area contributed by atoms with Crippen LogP contribution in [0.15, 0.2) is 61.1 Å². The van der Waals surface area contributed by atoms with Crippen LogP contribution in [0.5, 0.6) is 5.75 Å². The normalized spacial score (nSPS) is 13.4. The van der Waals surface area contributed by atoms with Gasteiger partial charge in [-0.3, -0.25) is 14.7 Å². The van der Waals surface area contributed by atoms with Crippen LogP contribution in [0.2, 0.25) is 0 Å². The van der Waals surface area contributed by atoms with Crippen molar-refractivity contribution < 1.29 is 27.4 Å². The number of pyridine rings is 1. The fourth-order valence-corrected chi connectivity index (χ4v) is 4.80. The highest BCUT2D eigenvalue weighted by Crippen LogP contribution is 2.39. The summed E-state index contributed by atoms with van der Waals surface area (Å²) in [7, 11) is 4.68. The number of amides is 1. The molecule has 0 unspecified atom stereocenters. The summed E-state index contributed by atoms with van der Waals surface area (Å²) in [5.41, 5.74) is 9.69. The lowest BCUT2D eigenvalue weighted by atomic mass is 10.1. The van der Waals surface area contributed by atoms with Crippen LogP contribution in [0.3, 0.4) is 0 Å². The maximum Gasteiger partial charge on any atom is 0.416 e. The molecule has 4 N–H and O–H groups in total. The quantitative estimate of drug-likeness (QED) is 0.202. The number of anilines is 2. The average molecular weight is 596 g/mol. The number of benzene rings is 2. The SMILES string of the molecule is COCCN(C)Cc1cc(C(F)(F)F)cc(NC(=O)c2ccc(C)c(N3C=C(c4cnc5[nH]ccc5c4)NN3)c2)c1OC. The van der Waals surface area contributed by atoms with Gasteiger partial charge in [-0.25, -0.2) is 4.98 Å². The van der Waals surface area contributed by atoms with Crippen molar-refractivity contribution in [2.45, 2.75) is 19.6 Å². The number of hydrazine groups is 2. The van der Waals surface area contributed by atoms with Crippen molar-refractivity contribution in [1.82, 2.24) is 25.8 Å². The van der Waals surface area contributed by atoms with Gasteiger partial charge in [0.15, 0.2) is 0 Å². The number of ether oxygens (including phenoxy) is 2. The molecule has 0 fully saturated rings. The number of H-pyrrole nitrogens is 1. The number of nitrogens with one attached hydrogen (secondary N) is 4. The number of likely N-dealkylation sites (N-methyl/N-ethyl adjacent to an activating group) is 1. The monoisotopic (exact) mass is 595 g/mol. The summed E-state index contributed by atoms with van der Waals surface area (Å²) >= 11 is 0. The highest BCUT2D eigenvalue weighted by atomic mass is 19.4. The molecule has 2 aromatic carbocycles. The Hall–Kier alpha value is -4.59. The molecule has 43 heavy (non-hydrogen) atoms. The summed E-state index contributed by atoms with van der Waals surface area (Å²) in [4.78, 5) is 22.7. The second kappa shape index (κ2) is 12.3. The van der Waals surface area contributed by atoms with Crippen molar-refractivity contribution in [1.29, 1.82) is 0 Å². The van der Waals surface area contributed by atoms with Gasteiger partial charge in [0.2, 0.25) is 0 Å². The zero-order valence-corrected chi connectivity index (χ0v) is 24.1. The number of methoxy groups -OCH3 is 2. The van der Waals surface area contributed by atoms with E-state index in [0.717, 1.165) is 40.0 Å². The summed E-state index contributed by atoms with van der Waals surface area (Å²) in [6.07, 6.45) is 0.773. The third-order valence-electron chi connectivity index (χ3n) is 7.07. The van der Waals surface area contributed by atoms with Crippen molar-refractivity contribution in [3.05, 3.63) is 88.9 Å². The number of rotatable bonds is 10. The number of fused-ring (bicyclic) bond motifs is 1. The van der Waals surface area contributed by atoms with Gasteiger partial charge >= 0.3 is 6.18 Å². The van der Waals surface area contributed by atoms with Gasteiger partial charge in [0.1, 0.15) is 11.4 Å². The van der Waals surface area contributed by atoms with Crippen LogP contribution in [0.4, 0.5) is 24.5 Å². The maximum atomic E-state index is 13.9. The Morgan fingerprint density at radius 3 is 2.70 bits per heavy atom. The first-order valence-corrected chi connectivity index (χ1v) is 13.4. The number of carbonyl (C=O) groups is 1. The summed E-state index contributed by atoms with van der Waals surface area (Å²) in [5, 5.41) is 5.33. The molecule has 13 heteroatoms. The van der Waals surface area contributed by atoms with E-state index in [1.54, 1.807) is 43.6 Å². The van der Waals surface area contributed by atoms with Crippen molar-refractivity contribution in [2.24, 2.45) is 0 Å². The van der Waals surface area contributed by atoms with Gasteiger partial charge in [-0.1, -0.05) is 6.07 Å². The lowest BCUT2D eigenvalue weighted by molar-refractivity contribution is -0.137. The van der Waals surface area contributed by atoms with E-state index in [1.807, 2.05) is 36.4 Å². The van der Waals surface area contributed by atoms with E-state index in [2.05, 4.69) is 26.2 Å². The first-order valence-electron chi connectivity index (χ1n) is 13.4. The van der Waals surface area contributed by atoms with E-state index < -0.39 is 17.6 Å². The number of alkyl halides is 3. The number of hydrogen-bond donors (Lipinski definition) is 4. The number of halogens is 3. The van der Waals surface area contributed by atoms with Crippen LogP contribution in [-0.4, -0.2) is 55.2 Å². The molecule has 0 atom stereocenters. The standard InChI is InChI=1S/C30H32F3N7O3/c1-18-5-6-20(13-26(18)40-17-25(37-38-40)21-11-19-7-8-34-28(19)35-15-21)29(41)36-24-14-23(30(31,32)33)12-22(27(24)43-4)16-39(2)9-10-42-3/h5-8,11-15,17,37-38H,9-10,16H2,1-4H3,(H,34,35)(H,36,41). The van der Waals surface area contributed by atoms with Crippen molar-refractivity contribution in [3.8, 4) is 5.75 Å². The molecule has 0 bridgehead atoms. The number of nitrogens with zero attached hydrogens (tertiary/aromatic N) is 3. The summed E-state index contributed by atoms with van der Waals surface area (Å²) in [5.74, 6) is -0.431. The number of aromatic amines is 1. The Balaban J connectivity index is 1.42. The van der Waals surface area contributed by atoms with Crippen LogP contribution in [0, 0.1) is 6.92 Å². The topological polar surface area (TPSA) is 107 Å². The van der Waals surface area contributed by atoms with Gasteiger partial charge < -0.3 is 25.2 Å². The largest absolute Gasteiger partial charge is 0.494 e. The molecular formula is C30H32F3N7O3. The van der Waals surface area contributed by atoms with Crippen LogP contribution < -0.4 is 26.0 Å². The van der Waals surface area contributed by atoms with E-state index in [4.69, 9.17) is 9.47 Å². The zero-order chi connectivity index (χ0) is 30.7. The molecule has 4 aromatic rings. The predicted molar refractivity (Wildman–Crippen MR) is 158 cm³/mol. The van der Waals surface area contributed by atoms with Crippen LogP contribution >= 0.6 is 0 Å². The van der Waals surface area contributed by atoms with Gasteiger partial charge in [-0.05, 0) is 55.9 Å². The highest BCUT2D eigenvalue weighted by Gasteiger charge is 2.33. The molecule has 0 saturated carbocycles. The fourth-order valence-electron chi connectivity index (χ4n) is 4.80. The maximum absolute atomic E-state index is 13.9. The van der Waals surface area contributed by atoms with Crippen LogP contribution in [0.1, 0.15) is 32.6 Å². The van der Waals surface area contributed by atoms with Crippen LogP contribution in [-0.2, 0) is 17.5 Å². The Morgan fingerprint density at radius 2 is 1.95 bits per heavy atom. The molecular weight excluding hydrogens is 563 g/mol. The second-order valence-electron chi connectivity index (χ2n) is 10.2. The summed E-state index contributed by atoms with van der Waals surface area (Å²) < 4.78 is 52.1. The number of carbonyl (C=O) groups excluding carboxylic acids is 1. The Kier molecular flexibility index (Phi) is 8.57. The molecule has 0 aliphatic carbocycles. The van der Waals surface area contributed by atoms with E-state index in [-0.39, 0.29) is 29.1 Å². The number of hydrogen-bond acceptors (Lipinski definition) is 8. The number of aromatic nitrogens is 2. The third kappa shape index (κ3) is 6.58. The molecule has 1 aliphatic heterocycles. The molecule has 1 aliphatic rings. The van der Waals surface area contributed by atoms with E-state index in [1.165, 1.54) is 7.11 Å². The molecule has 226 valence electrons. The predicted octanol–water partition coefficient (Wildman–Crippen LogP) is 5.06. The van der Waals surface area contributed by atoms with Gasteiger partial charge in [0.05, 0.1) is 36.4 Å². The Morgan fingerprint density at radius 1 is 1.14 bits per heavy atom. The zero-order valence-electron chi connectivity index (χ0n) is 24.1. The lowest BCUT2D eigenvalue weighted by Crippen LogP contribution is -2.36. The van der Waals surface area contributed by atoms with Gasteiger partial charge in [-0.15, -0.1) is 5.53 Å². The first kappa shape index (κ1) is 29.9. The van der Waals surface area contributed by atoms with Crippen molar-refractivity contribution in [3.63, 3.8) is 0 Å². The molecule has 10 nitrogen and oxygen atoms in total. The fraction of sp³-hybridized carbons (Fsp3) is 0.267. The summed E-state index contributed by atoms with van der Waals surface area (Å²) in [6.45, 7) is 2.95. The molecule has 1 amide bonds. The van der Waals surface area contributed by atoms with Gasteiger partial charge in [0, 0.05) is 60.9 Å². The minimum Gasteiger partial charge on any atom is -0.494 e. The van der Waals surface area contributed by atoms with Gasteiger partial charge in [-0.2, -0.15) is 13.2 Å². The molecule has 0 spiro atoms. The minimum absolute atomic E-state index is 0.0737. The van der Waals surface area contributed by atoms with Crippen molar-refractivity contribution in [2.75, 3.05) is 44.7 Å². The lowest BCUT2D eigenvalue weighted by Gasteiger charge is -2.22. The molecule has 0 saturated heterocycles. The molecule has 0 radical (unpaired) electrons. The van der Waals surface area contributed by atoms with Crippen LogP contribution in [0.25, 0.3) is 16.7 Å². The van der Waals surface area contributed by atoms with Gasteiger partial charge in [0.25, 0.3) is 5.91 Å². The first-order chi connectivity index (χ1) is 20.6. The smallest absolute Gasteiger partial charge is 0.416 e. The Bertz CT molecular complexity index is 1670. The minimum atomic E-state index is -4.62. The molecule has 2 aromatic heterocycles.